The lowest BCUT2D eigenvalue weighted by molar-refractivity contribution is -0.157. The number of alkyl halides is 3. The molecule has 2 amide bonds. The SMILES string of the molecule is O=C(Nc1ccc(F)c(F)c1)[C@@H]1CC(=O)N(CC(F)(F)F)C1. The summed E-state index contributed by atoms with van der Waals surface area (Å²) in [6.07, 6.45) is -4.90. The Morgan fingerprint density at radius 1 is 1.27 bits per heavy atom. The lowest BCUT2D eigenvalue weighted by Crippen LogP contribution is -2.36. The Bertz CT molecular complexity index is 603. The van der Waals surface area contributed by atoms with E-state index in [0.717, 1.165) is 18.2 Å². The molecular weight excluding hydrogens is 311 g/mol. The van der Waals surface area contributed by atoms with Crippen LogP contribution in [0.5, 0.6) is 0 Å². The molecule has 1 heterocycles. The third-order valence-electron chi connectivity index (χ3n) is 3.14. The average Bonchev–Trinajstić information content (AvgIpc) is 2.73. The Labute approximate surface area is 121 Å². The van der Waals surface area contributed by atoms with Gasteiger partial charge in [0, 0.05) is 24.7 Å². The van der Waals surface area contributed by atoms with Crippen molar-refractivity contribution in [3.8, 4) is 0 Å². The second-order valence-corrected chi connectivity index (χ2v) is 4.91. The quantitative estimate of drug-likeness (QED) is 0.868. The van der Waals surface area contributed by atoms with Gasteiger partial charge in [-0.15, -0.1) is 0 Å². The first-order valence-corrected chi connectivity index (χ1v) is 6.26. The molecule has 1 N–H and O–H groups in total. The van der Waals surface area contributed by atoms with Crippen LogP contribution in [0.4, 0.5) is 27.6 Å². The number of hydrogen-bond acceptors (Lipinski definition) is 2. The maximum atomic E-state index is 13.0. The van der Waals surface area contributed by atoms with Gasteiger partial charge in [0.25, 0.3) is 0 Å². The molecular formula is C13H11F5N2O2. The van der Waals surface area contributed by atoms with Gasteiger partial charge in [-0.25, -0.2) is 8.78 Å². The molecule has 1 aliphatic heterocycles. The largest absolute Gasteiger partial charge is 0.406 e. The zero-order valence-corrected chi connectivity index (χ0v) is 11.1. The van der Waals surface area contributed by atoms with Gasteiger partial charge in [-0.05, 0) is 12.1 Å². The molecule has 1 aromatic carbocycles. The number of benzene rings is 1. The Morgan fingerprint density at radius 3 is 2.55 bits per heavy atom. The monoisotopic (exact) mass is 322 g/mol. The van der Waals surface area contributed by atoms with E-state index in [1.54, 1.807) is 0 Å². The summed E-state index contributed by atoms with van der Waals surface area (Å²) in [6, 6.07) is 2.67. The molecule has 0 unspecified atom stereocenters. The number of anilines is 1. The average molecular weight is 322 g/mol. The van der Waals surface area contributed by atoms with Gasteiger partial charge in [0.2, 0.25) is 11.8 Å². The van der Waals surface area contributed by atoms with Crippen LogP contribution in [-0.2, 0) is 9.59 Å². The highest BCUT2D eigenvalue weighted by molar-refractivity contribution is 5.97. The molecule has 0 saturated carbocycles. The molecule has 1 fully saturated rings. The molecule has 22 heavy (non-hydrogen) atoms. The normalized spacial score (nSPS) is 18.7. The van der Waals surface area contributed by atoms with Crippen molar-refractivity contribution in [3.05, 3.63) is 29.8 Å². The van der Waals surface area contributed by atoms with Crippen LogP contribution in [0.1, 0.15) is 6.42 Å². The van der Waals surface area contributed by atoms with Crippen LogP contribution in [0.25, 0.3) is 0 Å². The fourth-order valence-electron chi connectivity index (χ4n) is 2.14. The van der Waals surface area contributed by atoms with Gasteiger partial charge in [0.15, 0.2) is 11.6 Å². The van der Waals surface area contributed by atoms with Gasteiger partial charge in [-0.2, -0.15) is 13.2 Å². The van der Waals surface area contributed by atoms with Gasteiger partial charge in [0.1, 0.15) is 6.54 Å². The molecule has 1 aromatic rings. The lowest BCUT2D eigenvalue weighted by Gasteiger charge is -2.18. The maximum absolute atomic E-state index is 13.0. The van der Waals surface area contributed by atoms with Crippen molar-refractivity contribution in [1.29, 1.82) is 0 Å². The van der Waals surface area contributed by atoms with Crippen LogP contribution in [0.3, 0.4) is 0 Å². The second kappa shape index (κ2) is 5.90. The van der Waals surface area contributed by atoms with Crippen molar-refractivity contribution in [2.45, 2.75) is 12.6 Å². The summed E-state index contributed by atoms with van der Waals surface area (Å²) in [6.45, 7) is -1.78. The summed E-state index contributed by atoms with van der Waals surface area (Å²) in [7, 11) is 0. The number of nitrogens with one attached hydrogen (secondary N) is 1. The van der Waals surface area contributed by atoms with Crippen LogP contribution in [0.2, 0.25) is 0 Å². The zero-order valence-electron chi connectivity index (χ0n) is 11.1. The highest BCUT2D eigenvalue weighted by Crippen LogP contribution is 2.25. The molecule has 0 spiro atoms. The predicted octanol–water partition coefficient (Wildman–Crippen LogP) is 2.31. The molecule has 1 saturated heterocycles. The minimum atomic E-state index is -4.54. The number of likely N-dealkylation sites (tertiary alicyclic amines) is 1. The molecule has 9 heteroatoms. The lowest BCUT2D eigenvalue weighted by atomic mass is 10.1. The smallest absolute Gasteiger partial charge is 0.333 e. The predicted molar refractivity (Wildman–Crippen MR) is 65.7 cm³/mol. The minimum Gasteiger partial charge on any atom is -0.333 e. The van der Waals surface area contributed by atoms with Crippen molar-refractivity contribution in [2.75, 3.05) is 18.4 Å². The van der Waals surface area contributed by atoms with Crippen LogP contribution < -0.4 is 5.32 Å². The standard InChI is InChI=1S/C13H11F5N2O2/c14-9-2-1-8(4-10(9)15)19-12(22)7-3-11(21)20(5-7)6-13(16,17)18/h1-2,4,7H,3,5-6H2,(H,19,22)/t7-/m1/s1. The van der Waals surface area contributed by atoms with Crippen molar-refractivity contribution in [1.82, 2.24) is 4.90 Å². The van der Waals surface area contributed by atoms with Crippen molar-refractivity contribution in [2.24, 2.45) is 5.92 Å². The minimum absolute atomic E-state index is 0.0365. The fraction of sp³-hybridized carbons (Fsp3) is 0.385. The molecule has 1 atom stereocenters. The molecule has 0 radical (unpaired) electrons. The van der Waals surface area contributed by atoms with Crippen molar-refractivity contribution < 1.29 is 31.5 Å². The van der Waals surface area contributed by atoms with Gasteiger partial charge in [-0.1, -0.05) is 0 Å². The third kappa shape index (κ3) is 3.92. The highest BCUT2D eigenvalue weighted by Gasteiger charge is 2.40. The van der Waals surface area contributed by atoms with Crippen LogP contribution in [0, 0.1) is 17.6 Å². The molecule has 4 nitrogen and oxygen atoms in total. The molecule has 0 bridgehead atoms. The molecule has 120 valence electrons. The van der Waals surface area contributed by atoms with Crippen LogP contribution in [0.15, 0.2) is 18.2 Å². The van der Waals surface area contributed by atoms with Crippen LogP contribution in [-0.4, -0.2) is 36.0 Å². The summed E-state index contributed by atoms with van der Waals surface area (Å²) < 4.78 is 62.6. The van der Waals surface area contributed by atoms with E-state index in [4.69, 9.17) is 0 Å². The molecule has 2 rings (SSSR count). The van der Waals surface area contributed by atoms with E-state index < -0.39 is 42.1 Å². The first kappa shape index (κ1) is 16.2. The van der Waals surface area contributed by atoms with E-state index in [0.29, 0.717) is 4.90 Å². The third-order valence-corrected chi connectivity index (χ3v) is 3.14. The Kier molecular flexibility index (Phi) is 4.34. The van der Waals surface area contributed by atoms with Crippen molar-refractivity contribution >= 4 is 17.5 Å². The zero-order chi connectivity index (χ0) is 16.5. The Balaban J connectivity index is 1.99. The van der Waals surface area contributed by atoms with Gasteiger partial charge >= 0.3 is 6.18 Å². The Hall–Kier alpha value is -2.19. The maximum Gasteiger partial charge on any atom is 0.406 e. The number of halogens is 5. The summed E-state index contributed by atoms with van der Waals surface area (Å²) in [4.78, 5) is 23.9. The molecule has 0 aromatic heterocycles. The van der Waals surface area contributed by atoms with E-state index in [1.165, 1.54) is 0 Å². The second-order valence-electron chi connectivity index (χ2n) is 4.91. The topological polar surface area (TPSA) is 49.4 Å². The van der Waals surface area contributed by atoms with E-state index in [-0.39, 0.29) is 18.7 Å². The van der Waals surface area contributed by atoms with E-state index in [9.17, 15) is 31.5 Å². The first-order valence-electron chi connectivity index (χ1n) is 6.26. The summed E-state index contributed by atoms with van der Waals surface area (Å²) in [5, 5.41) is 2.25. The van der Waals surface area contributed by atoms with E-state index >= 15 is 0 Å². The summed E-state index contributed by atoms with van der Waals surface area (Å²) >= 11 is 0. The number of carbonyl (C=O) groups excluding carboxylic acids is 2. The Morgan fingerprint density at radius 2 is 1.95 bits per heavy atom. The van der Waals surface area contributed by atoms with Gasteiger partial charge < -0.3 is 10.2 Å². The van der Waals surface area contributed by atoms with Gasteiger partial charge in [0.05, 0.1) is 5.92 Å². The number of carbonyl (C=O) groups is 2. The number of nitrogens with zero attached hydrogens (tertiary/aromatic N) is 1. The van der Waals surface area contributed by atoms with Crippen LogP contribution >= 0.6 is 0 Å². The van der Waals surface area contributed by atoms with Crippen molar-refractivity contribution in [3.63, 3.8) is 0 Å². The van der Waals surface area contributed by atoms with E-state index in [2.05, 4.69) is 5.32 Å². The number of hydrogen-bond donors (Lipinski definition) is 1. The summed E-state index contributed by atoms with van der Waals surface area (Å²) in [5.74, 6) is -4.72. The van der Waals surface area contributed by atoms with E-state index in [1.807, 2.05) is 0 Å². The van der Waals surface area contributed by atoms with Gasteiger partial charge in [-0.3, -0.25) is 9.59 Å². The highest BCUT2D eigenvalue weighted by atomic mass is 19.4. The first-order chi connectivity index (χ1) is 10.2. The number of rotatable bonds is 3. The number of amides is 2. The summed E-state index contributed by atoms with van der Waals surface area (Å²) in [5.41, 5.74) is -0.0365. The molecule has 0 aliphatic carbocycles. The molecule has 1 aliphatic rings. The fourth-order valence-corrected chi connectivity index (χ4v) is 2.14.